The summed E-state index contributed by atoms with van der Waals surface area (Å²) >= 11 is 0. The zero-order valence-corrected chi connectivity index (χ0v) is 19.5. The number of rotatable bonds is 5. The summed E-state index contributed by atoms with van der Waals surface area (Å²) in [5.41, 5.74) is 1.06. The number of ether oxygens (including phenoxy) is 1. The molecule has 3 rings (SSSR count). The molecule has 0 radical (unpaired) electrons. The number of carbonyl (C=O) groups excluding carboxylic acids is 1. The number of halogens is 1. The van der Waals surface area contributed by atoms with E-state index in [1.165, 1.54) is 0 Å². The van der Waals surface area contributed by atoms with E-state index in [1.807, 2.05) is 15.9 Å². The Labute approximate surface area is 175 Å². The van der Waals surface area contributed by atoms with Crippen molar-refractivity contribution in [3.8, 4) is 0 Å². The molecule has 0 saturated carbocycles. The molecule has 1 amide bonds. The van der Waals surface area contributed by atoms with E-state index in [1.54, 1.807) is 12.1 Å². The fourth-order valence-corrected chi connectivity index (χ4v) is 4.62. The molecule has 1 aromatic rings. The van der Waals surface area contributed by atoms with Gasteiger partial charge in [0.1, 0.15) is 0 Å². The van der Waals surface area contributed by atoms with Gasteiger partial charge in [-0.25, -0.2) is 4.39 Å². The summed E-state index contributed by atoms with van der Waals surface area (Å²) in [4.78, 5) is 16.6. The van der Waals surface area contributed by atoms with Crippen LogP contribution in [0.25, 0.3) is 0 Å². The van der Waals surface area contributed by atoms with Gasteiger partial charge in [0.2, 0.25) is 5.91 Å². The lowest BCUT2D eigenvalue weighted by Gasteiger charge is -2.41. The third kappa shape index (κ3) is 5.01. The minimum Gasteiger partial charge on any atom is -0.412 e. The lowest BCUT2D eigenvalue weighted by atomic mass is 10.1. The van der Waals surface area contributed by atoms with Crippen molar-refractivity contribution in [2.24, 2.45) is 0 Å². The molecule has 0 N–H and O–H groups in total. The van der Waals surface area contributed by atoms with Crippen molar-refractivity contribution in [1.29, 1.82) is 0 Å². The summed E-state index contributed by atoms with van der Waals surface area (Å²) < 4.78 is 26.9. The van der Waals surface area contributed by atoms with Crippen molar-refractivity contribution in [3.05, 3.63) is 29.6 Å². The Balaban J connectivity index is 1.67. The summed E-state index contributed by atoms with van der Waals surface area (Å²) in [6.07, 6.45) is 1.78. The maximum Gasteiger partial charge on any atom is 0.242 e. The van der Waals surface area contributed by atoms with Crippen LogP contribution in [-0.4, -0.2) is 58.0 Å². The second-order valence-corrected chi connectivity index (χ2v) is 14.5. The number of hydrogen-bond acceptors (Lipinski definition) is 4. The summed E-state index contributed by atoms with van der Waals surface area (Å²) in [5, 5.41) is 0.0774. The standard InChI is InChI=1S/C22H35FN2O3Si/c1-22(2,3)29(4,5)28-16-17-7-6-8-19(21(17)23)24-11-12-25(20(26)15-24)18-9-13-27-14-10-18/h6-8,18H,9-16H2,1-5H3. The van der Waals surface area contributed by atoms with Gasteiger partial charge in [0.05, 0.1) is 18.8 Å². The smallest absolute Gasteiger partial charge is 0.242 e. The molecule has 2 fully saturated rings. The molecule has 0 unspecified atom stereocenters. The van der Waals surface area contributed by atoms with Gasteiger partial charge in [-0.05, 0) is 37.0 Å². The molecule has 0 bridgehead atoms. The van der Waals surface area contributed by atoms with Gasteiger partial charge in [-0.1, -0.05) is 32.9 Å². The van der Waals surface area contributed by atoms with Crippen LogP contribution in [0.2, 0.25) is 18.1 Å². The molecule has 2 aliphatic heterocycles. The highest BCUT2D eigenvalue weighted by molar-refractivity contribution is 6.74. The van der Waals surface area contributed by atoms with E-state index >= 15 is 4.39 Å². The number of hydrogen-bond donors (Lipinski definition) is 0. The van der Waals surface area contributed by atoms with Crippen LogP contribution in [0.1, 0.15) is 39.2 Å². The third-order valence-corrected chi connectivity index (χ3v) is 11.2. The molecule has 2 saturated heterocycles. The van der Waals surface area contributed by atoms with Crippen LogP contribution in [0.5, 0.6) is 0 Å². The molecule has 2 aliphatic rings. The Morgan fingerprint density at radius 2 is 1.90 bits per heavy atom. The molecule has 29 heavy (non-hydrogen) atoms. The van der Waals surface area contributed by atoms with E-state index in [9.17, 15) is 4.79 Å². The van der Waals surface area contributed by atoms with E-state index < -0.39 is 8.32 Å². The molecule has 2 heterocycles. The monoisotopic (exact) mass is 422 g/mol. The van der Waals surface area contributed by atoms with Gasteiger partial charge in [-0.15, -0.1) is 0 Å². The molecular formula is C22H35FN2O3Si. The second kappa shape index (κ2) is 8.74. The predicted molar refractivity (Wildman–Crippen MR) is 116 cm³/mol. The summed E-state index contributed by atoms with van der Waals surface area (Å²) in [6.45, 7) is 14.1. The molecule has 0 aromatic heterocycles. The van der Waals surface area contributed by atoms with Gasteiger partial charge in [0.15, 0.2) is 14.1 Å². The van der Waals surface area contributed by atoms with Gasteiger partial charge in [-0.2, -0.15) is 0 Å². The number of anilines is 1. The Morgan fingerprint density at radius 3 is 2.52 bits per heavy atom. The van der Waals surface area contributed by atoms with E-state index in [0.717, 1.165) is 12.8 Å². The van der Waals surface area contributed by atoms with E-state index in [0.29, 0.717) is 37.6 Å². The molecule has 5 nitrogen and oxygen atoms in total. The number of amides is 1. The van der Waals surface area contributed by atoms with Crippen molar-refractivity contribution in [3.63, 3.8) is 0 Å². The molecule has 0 atom stereocenters. The van der Waals surface area contributed by atoms with Gasteiger partial charge in [0, 0.05) is 37.9 Å². The highest BCUT2D eigenvalue weighted by Gasteiger charge is 2.37. The Hall–Kier alpha value is -1.44. The lowest BCUT2D eigenvalue weighted by Crippen LogP contribution is -2.55. The number of piperazine rings is 1. The van der Waals surface area contributed by atoms with Crippen molar-refractivity contribution < 1.29 is 18.3 Å². The predicted octanol–water partition coefficient (Wildman–Crippen LogP) is 4.18. The molecule has 1 aromatic carbocycles. The SMILES string of the molecule is CC(C)(C)[Si](C)(C)OCc1cccc(N2CCN(C3CCOCC3)C(=O)C2)c1F. The van der Waals surface area contributed by atoms with Crippen molar-refractivity contribution in [1.82, 2.24) is 4.90 Å². The fourth-order valence-electron chi connectivity index (χ4n) is 3.67. The van der Waals surface area contributed by atoms with Gasteiger partial charge < -0.3 is 19.0 Å². The minimum atomic E-state index is -1.96. The largest absolute Gasteiger partial charge is 0.412 e. The quantitative estimate of drug-likeness (QED) is 0.668. The highest BCUT2D eigenvalue weighted by atomic mass is 28.4. The average Bonchev–Trinajstić information content (AvgIpc) is 2.67. The summed E-state index contributed by atoms with van der Waals surface area (Å²) in [5.74, 6) is -0.191. The van der Waals surface area contributed by atoms with Crippen molar-refractivity contribution in [2.75, 3.05) is 37.7 Å². The third-order valence-electron chi connectivity index (χ3n) is 6.68. The number of nitrogens with zero attached hydrogens (tertiary/aromatic N) is 2. The van der Waals surface area contributed by atoms with E-state index in [2.05, 4.69) is 33.9 Å². The molecule has 0 spiro atoms. The highest BCUT2D eigenvalue weighted by Crippen LogP contribution is 2.37. The Morgan fingerprint density at radius 1 is 1.21 bits per heavy atom. The first kappa shape index (κ1) is 22.2. The second-order valence-electron chi connectivity index (χ2n) is 9.65. The normalized spacial score (nSPS) is 19.7. The zero-order chi connectivity index (χ0) is 21.2. The topological polar surface area (TPSA) is 42.0 Å². The van der Waals surface area contributed by atoms with Gasteiger partial charge in [0.25, 0.3) is 0 Å². The van der Waals surface area contributed by atoms with Crippen LogP contribution in [0.15, 0.2) is 18.2 Å². The van der Waals surface area contributed by atoms with Crippen molar-refractivity contribution in [2.45, 2.75) is 64.4 Å². The molecule has 7 heteroatoms. The summed E-state index contributed by atoms with van der Waals surface area (Å²) in [7, 11) is -1.96. The Kier molecular flexibility index (Phi) is 6.70. The Bertz CT molecular complexity index is 729. The van der Waals surface area contributed by atoms with Gasteiger partial charge in [-0.3, -0.25) is 4.79 Å². The fraction of sp³-hybridized carbons (Fsp3) is 0.682. The number of benzene rings is 1. The van der Waals surface area contributed by atoms with Gasteiger partial charge >= 0.3 is 0 Å². The molecule has 0 aliphatic carbocycles. The van der Waals surface area contributed by atoms with E-state index in [-0.39, 0.29) is 36.0 Å². The first-order chi connectivity index (χ1) is 13.6. The van der Waals surface area contributed by atoms with Crippen molar-refractivity contribution >= 4 is 19.9 Å². The molecule has 162 valence electrons. The van der Waals surface area contributed by atoms with Crippen LogP contribution in [0, 0.1) is 5.82 Å². The minimum absolute atomic E-state index is 0.0745. The van der Waals surface area contributed by atoms with Crippen LogP contribution in [0.3, 0.4) is 0 Å². The van der Waals surface area contributed by atoms with Crippen LogP contribution < -0.4 is 4.90 Å². The molecular weight excluding hydrogens is 387 g/mol. The summed E-state index contributed by atoms with van der Waals surface area (Å²) in [6, 6.07) is 5.67. The average molecular weight is 423 g/mol. The first-order valence-corrected chi connectivity index (χ1v) is 13.5. The lowest BCUT2D eigenvalue weighted by molar-refractivity contribution is -0.135. The van der Waals surface area contributed by atoms with E-state index in [4.69, 9.17) is 9.16 Å². The maximum atomic E-state index is 15.3. The first-order valence-electron chi connectivity index (χ1n) is 10.6. The van der Waals surface area contributed by atoms with Crippen LogP contribution in [-0.2, 0) is 20.6 Å². The number of carbonyl (C=O) groups is 1. The van der Waals surface area contributed by atoms with Crippen LogP contribution in [0.4, 0.5) is 10.1 Å². The maximum absolute atomic E-state index is 15.3. The zero-order valence-electron chi connectivity index (χ0n) is 18.5. The van der Waals surface area contributed by atoms with Crippen LogP contribution >= 0.6 is 0 Å².